The third-order valence-electron chi connectivity index (χ3n) is 5.33. The number of carbonyl (C=O) groups is 1. The number of aliphatic hydroxyl groups is 1. The van der Waals surface area contributed by atoms with Gasteiger partial charge in [0.15, 0.2) is 5.76 Å². The molecule has 0 saturated heterocycles. The topological polar surface area (TPSA) is 40.5 Å². The second-order valence-electron chi connectivity index (χ2n) is 7.50. The molecule has 1 aliphatic rings. The van der Waals surface area contributed by atoms with E-state index in [1.165, 1.54) is 0 Å². The number of hydrogen-bond donors (Lipinski definition) is 1. The highest BCUT2D eigenvalue weighted by Crippen LogP contribution is 2.43. The predicted molar refractivity (Wildman–Crippen MR) is 117 cm³/mol. The van der Waals surface area contributed by atoms with Gasteiger partial charge in [-0.2, -0.15) is 0 Å². The molecule has 146 valence electrons. The summed E-state index contributed by atoms with van der Waals surface area (Å²) in [4.78, 5) is 14.8. The normalized spacial score (nSPS) is 16.6. The van der Waals surface area contributed by atoms with Crippen LogP contribution in [0.4, 0.5) is 0 Å². The summed E-state index contributed by atoms with van der Waals surface area (Å²) in [6.45, 7) is 4.43. The van der Waals surface area contributed by atoms with E-state index in [2.05, 4.69) is 0 Å². The van der Waals surface area contributed by atoms with Crippen LogP contribution in [0.1, 0.15) is 33.9 Å². The number of halogens is 1. The summed E-state index contributed by atoms with van der Waals surface area (Å²) in [5, 5.41) is 11.5. The first-order chi connectivity index (χ1) is 13.9. The molecule has 1 aliphatic heterocycles. The Bertz CT molecular complexity index is 1070. The zero-order chi connectivity index (χ0) is 20.5. The van der Waals surface area contributed by atoms with Crippen molar-refractivity contribution >= 4 is 23.1 Å². The number of nitrogens with zero attached hydrogens (tertiary/aromatic N) is 1. The van der Waals surface area contributed by atoms with Crippen molar-refractivity contribution in [2.24, 2.45) is 0 Å². The summed E-state index contributed by atoms with van der Waals surface area (Å²) in [5.74, 6) is -0.547. The number of rotatable bonds is 4. The minimum Gasteiger partial charge on any atom is -0.503 e. The van der Waals surface area contributed by atoms with E-state index < -0.39 is 0 Å². The van der Waals surface area contributed by atoms with Gasteiger partial charge in [-0.05, 0) is 42.7 Å². The maximum absolute atomic E-state index is 13.1. The highest BCUT2D eigenvalue weighted by Gasteiger charge is 2.40. The first-order valence-electron chi connectivity index (χ1n) is 9.56. The van der Waals surface area contributed by atoms with Gasteiger partial charge in [0, 0.05) is 17.1 Å². The zero-order valence-electron chi connectivity index (χ0n) is 16.4. The first kappa shape index (κ1) is 19.3. The van der Waals surface area contributed by atoms with Gasteiger partial charge < -0.3 is 10.0 Å². The van der Waals surface area contributed by atoms with Crippen molar-refractivity contribution in [3.8, 4) is 0 Å². The van der Waals surface area contributed by atoms with Gasteiger partial charge in [0.05, 0.1) is 6.04 Å². The van der Waals surface area contributed by atoms with Crippen molar-refractivity contribution in [2.45, 2.75) is 26.4 Å². The standard InChI is InChI=1S/C25H22ClNO2/c1-16-3-9-19(10-4-16)22-23(20-11-5-17(2)6-12-20)27(25(29)24(22)28)15-18-7-13-21(26)14-8-18/h3-14,23,28H,15H2,1-2H3. The average molecular weight is 404 g/mol. The Morgan fingerprint density at radius 1 is 0.862 bits per heavy atom. The van der Waals surface area contributed by atoms with Gasteiger partial charge in [-0.3, -0.25) is 4.79 Å². The van der Waals surface area contributed by atoms with Gasteiger partial charge in [-0.1, -0.05) is 83.4 Å². The van der Waals surface area contributed by atoms with Crippen LogP contribution in [-0.2, 0) is 11.3 Å². The molecule has 0 radical (unpaired) electrons. The molecule has 1 atom stereocenters. The zero-order valence-corrected chi connectivity index (χ0v) is 17.1. The van der Waals surface area contributed by atoms with Gasteiger partial charge in [-0.25, -0.2) is 0 Å². The van der Waals surface area contributed by atoms with Crippen molar-refractivity contribution in [3.05, 3.63) is 111 Å². The fourth-order valence-electron chi connectivity index (χ4n) is 3.73. The number of aryl methyl sites for hydroxylation is 2. The Hall–Kier alpha value is -3.04. The van der Waals surface area contributed by atoms with Crippen LogP contribution in [0.15, 0.2) is 78.6 Å². The van der Waals surface area contributed by atoms with Crippen molar-refractivity contribution < 1.29 is 9.90 Å². The fourth-order valence-corrected chi connectivity index (χ4v) is 3.85. The summed E-state index contributed by atoms with van der Waals surface area (Å²) < 4.78 is 0. The third-order valence-corrected chi connectivity index (χ3v) is 5.58. The molecule has 0 bridgehead atoms. The van der Waals surface area contributed by atoms with Gasteiger partial charge >= 0.3 is 0 Å². The maximum atomic E-state index is 13.1. The van der Waals surface area contributed by atoms with Gasteiger partial charge in [0.2, 0.25) is 0 Å². The molecule has 4 heteroatoms. The van der Waals surface area contributed by atoms with Crippen molar-refractivity contribution in [3.63, 3.8) is 0 Å². The third kappa shape index (κ3) is 3.79. The Morgan fingerprint density at radius 3 is 2.00 bits per heavy atom. The van der Waals surface area contributed by atoms with Crippen LogP contribution < -0.4 is 0 Å². The summed E-state index contributed by atoms with van der Waals surface area (Å²) in [6, 6.07) is 23.1. The number of carbonyl (C=O) groups excluding carboxylic acids is 1. The maximum Gasteiger partial charge on any atom is 0.290 e. The average Bonchev–Trinajstić information content (AvgIpc) is 2.96. The summed E-state index contributed by atoms with van der Waals surface area (Å²) >= 11 is 6.01. The second-order valence-corrected chi connectivity index (χ2v) is 7.94. The minimum absolute atomic E-state index is 0.187. The van der Waals surface area contributed by atoms with Crippen LogP contribution in [0.3, 0.4) is 0 Å². The quantitative estimate of drug-likeness (QED) is 0.579. The van der Waals surface area contributed by atoms with Crippen LogP contribution in [0.2, 0.25) is 5.02 Å². The molecule has 1 heterocycles. The van der Waals surface area contributed by atoms with Gasteiger partial charge in [0.1, 0.15) is 0 Å². The summed E-state index contributed by atoms with van der Waals surface area (Å²) in [7, 11) is 0. The van der Waals surface area contributed by atoms with E-state index >= 15 is 0 Å². The van der Waals surface area contributed by atoms with Gasteiger partial charge in [0.25, 0.3) is 5.91 Å². The second kappa shape index (κ2) is 7.76. The molecule has 4 rings (SSSR count). The number of amides is 1. The van der Waals surface area contributed by atoms with E-state index in [1.54, 1.807) is 4.90 Å². The van der Waals surface area contributed by atoms with E-state index in [4.69, 9.17) is 11.6 Å². The van der Waals surface area contributed by atoms with E-state index in [9.17, 15) is 9.90 Å². The monoisotopic (exact) mass is 403 g/mol. The Kier molecular flexibility index (Phi) is 5.16. The molecule has 3 nitrogen and oxygen atoms in total. The van der Waals surface area contributed by atoms with Crippen LogP contribution in [0, 0.1) is 13.8 Å². The van der Waals surface area contributed by atoms with Crippen molar-refractivity contribution in [1.29, 1.82) is 0 Å². The lowest BCUT2D eigenvalue weighted by molar-refractivity contribution is -0.130. The van der Waals surface area contributed by atoms with Crippen LogP contribution in [-0.4, -0.2) is 15.9 Å². The molecule has 3 aromatic rings. The molecule has 29 heavy (non-hydrogen) atoms. The lowest BCUT2D eigenvalue weighted by Crippen LogP contribution is -2.29. The van der Waals surface area contributed by atoms with Crippen LogP contribution in [0.5, 0.6) is 0 Å². The van der Waals surface area contributed by atoms with Crippen molar-refractivity contribution in [1.82, 2.24) is 4.90 Å². The van der Waals surface area contributed by atoms with Gasteiger partial charge in [-0.15, -0.1) is 0 Å². The SMILES string of the molecule is Cc1ccc(C2=C(O)C(=O)N(Cc3ccc(Cl)cc3)C2c2ccc(C)cc2)cc1. The lowest BCUT2D eigenvalue weighted by Gasteiger charge is -2.27. The van der Waals surface area contributed by atoms with Crippen LogP contribution >= 0.6 is 11.6 Å². The molecular formula is C25H22ClNO2. The number of hydrogen-bond acceptors (Lipinski definition) is 2. The minimum atomic E-state index is -0.360. The Balaban J connectivity index is 1.80. The Labute approximate surface area is 175 Å². The van der Waals surface area contributed by atoms with E-state index in [-0.39, 0.29) is 17.7 Å². The highest BCUT2D eigenvalue weighted by atomic mass is 35.5. The largest absolute Gasteiger partial charge is 0.503 e. The first-order valence-corrected chi connectivity index (χ1v) is 9.94. The van der Waals surface area contributed by atoms with E-state index in [0.717, 1.165) is 27.8 Å². The number of benzene rings is 3. The van der Waals surface area contributed by atoms with E-state index in [1.807, 2.05) is 86.6 Å². The molecule has 1 unspecified atom stereocenters. The summed E-state index contributed by atoms with van der Waals surface area (Å²) in [6.07, 6.45) is 0. The molecule has 0 aliphatic carbocycles. The molecule has 1 N–H and O–H groups in total. The summed E-state index contributed by atoms with van der Waals surface area (Å²) in [5.41, 5.74) is 5.70. The predicted octanol–water partition coefficient (Wildman–Crippen LogP) is 6.01. The Morgan fingerprint density at radius 2 is 1.41 bits per heavy atom. The smallest absolute Gasteiger partial charge is 0.290 e. The molecule has 0 aromatic heterocycles. The molecule has 0 spiro atoms. The lowest BCUT2D eigenvalue weighted by atomic mass is 9.92. The van der Waals surface area contributed by atoms with E-state index in [0.29, 0.717) is 17.1 Å². The molecular weight excluding hydrogens is 382 g/mol. The van der Waals surface area contributed by atoms with Crippen LogP contribution in [0.25, 0.3) is 5.57 Å². The number of aliphatic hydroxyl groups excluding tert-OH is 1. The highest BCUT2D eigenvalue weighted by molar-refractivity contribution is 6.30. The molecule has 0 fully saturated rings. The van der Waals surface area contributed by atoms with Crippen molar-refractivity contribution in [2.75, 3.05) is 0 Å². The molecule has 0 saturated carbocycles. The molecule has 3 aromatic carbocycles. The fraction of sp³-hybridized carbons (Fsp3) is 0.160. The molecule has 1 amide bonds.